The van der Waals surface area contributed by atoms with Crippen LogP contribution in [0.15, 0.2) is 48.6 Å². The molecule has 0 spiro atoms. The van der Waals surface area contributed by atoms with Crippen LogP contribution in [0.5, 0.6) is 0 Å². The Morgan fingerprint density at radius 3 is 1.96 bits per heavy atom. The van der Waals surface area contributed by atoms with Gasteiger partial charge in [0.1, 0.15) is 6.61 Å². The predicted octanol–water partition coefficient (Wildman–Crippen LogP) is 6.45. The molecule has 1 N–H and O–H groups in total. The first-order valence-electron chi connectivity index (χ1n) is 10.6. The number of carbonyl (C=O) groups excluding carboxylic acids is 1. The summed E-state index contributed by atoms with van der Waals surface area (Å²) in [4.78, 5) is 11.5. The minimum Gasteiger partial charge on any atom is -0.463 e. The molecule has 1 atom stereocenters. The highest BCUT2D eigenvalue weighted by molar-refractivity contribution is 5.69. The highest BCUT2D eigenvalue weighted by Gasteiger charge is 2.06. The largest absolute Gasteiger partial charge is 0.463 e. The highest BCUT2D eigenvalue weighted by Crippen LogP contribution is 2.07. The first kappa shape index (κ1) is 25.4. The molecule has 0 radical (unpaired) electrons. The van der Waals surface area contributed by atoms with E-state index in [9.17, 15) is 9.90 Å². The second-order valence-corrected chi connectivity index (χ2v) is 6.70. The highest BCUT2D eigenvalue weighted by atomic mass is 16.5. The van der Waals surface area contributed by atoms with Gasteiger partial charge in [0.05, 0.1) is 6.10 Å². The minimum atomic E-state index is -0.528. The first-order chi connectivity index (χ1) is 13.2. The van der Waals surface area contributed by atoms with E-state index in [1.54, 1.807) is 0 Å². The molecule has 0 bridgehead atoms. The van der Waals surface area contributed by atoms with Crippen LogP contribution < -0.4 is 0 Å². The van der Waals surface area contributed by atoms with Crippen molar-refractivity contribution in [3.8, 4) is 0 Å². The first-order valence-corrected chi connectivity index (χ1v) is 10.6. The Morgan fingerprint density at radius 2 is 1.37 bits per heavy atom. The Labute approximate surface area is 166 Å². The molecule has 1 unspecified atom stereocenters. The van der Waals surface area contributed by atoms with Gasteiger partial charge in [-0.05, 0) is 51.4 Å². The number of allylic oxidation sites excluding steroid dienone is 8. The number of ether oxygens (including phenoxy) is 1. The second kappa shape index (κ2) is 20.7. The lowest BCUT2D eigenvalue weighted by molar-refractivity contribution is -0.146. The molecule has 3 heteroatoms. The van der Waals surface area contributed by atoms with E-state index in [4.69, 9.17) is 4.74 Å². The molecule has 0 aliphatic heterocycles. The molecule has 0 rings (SSSR count). The van der Waals surface area contributed by atoms with Crippen LogP contribution in [0.1, 0.15) is 84.5 Å². The van der Waals surface area contributed by atoms with Crippen molar-refractivity contribution >= 4 is 5.97 Å². The Kier molecular flexibility index (Phi) is 19.5. The van der Waals surface area contributed by atoms with Crippen LogP contribution in [0.2, 0.25) is 0 Å². The molecule has 0 heterocycles. The van der Waals surface area contributed by atoms with Gasteiger partial charge in [0, 0.05) is 6.42 Å². The smallest absolute Gasteiger partial charge is 0.305 e. The molecule has 0 saturated heterocycles. The fourth-order valence-electron chi connectivity index (χ4n) is 2.36. The number of esters is 1. The summed E-state index contributed by atoms with van der Waals surface area (Å²) in [5.41, 5.74) is 0. The van der Waals surface area contributed by atoms with Crippen LogP contribution in [0.4, 0.5) is 0 Å². The SMILES string of the molecule is CC/C=C\C/C=C\C/C=C\C/C=C\CCCCCCC(=O)OCC(O)CC. The van der Waals surface area contributed by atoms with Gasteiger partial charge < -0.3 is 9.84 Å². The average molecular weight is 377 g/mol. The lowest BCUT2D eigenvalue weighted by Gasteiger charge is -2.08. The van der Waals surface area contributed by atoms with Crippen molar-refractivity contribution in [1.29, 1.82) is 0 Å². The van der Waals surface area contributed by atoms with Gasteiger partial charge in [-0.15, -0.1) is 0 Å². The number of aliphatic hydroxyl groups excluding tert-OH is 1. The number of aliphatic hydroxyl groups is 1. The molecule has 0 aromatic carbocycles. The normalized spacial score (nSPS) is 13.4. The quantitative estimate of drug-likeness (QED) is 0.180. The minimum absolute atomic E-state index is 0.126. The summed E-state index contributed by atoms with van der Waals surface area (Å²) >= 11 is 0. The Morgan fingerprint density at radius 1 is 0.815 bits per heavy atom. The monoisotopic (exact) mass is 376 g/mol. The van der Waals surface area contributed by atoms with E-state index in [0.717, 1.165) is 57.8 Å². The summed E-state index contributed by atoms with van der Waals surface area (Å²) in [5, 5.41) is 9.33. The van der Waals surface area contributed by atoms with Gasteiger partial charge in [0.15, 0.2) is 0 Å². The van der Waals surface area contributed by atoms with E-state index in [1.165, 1.54) is 0 Å². The maximum Gasteiger partial charge on any atom is 0.305 e. The van der Waals surface area contributed by atoms with E-state index < -0.39 is 6.10 Å². The van der Waals surface area contributed by atoms with E-state index in [-0.39, 0.29) is 12.6 Å². The van der Waals surface area contributed by atoms with Gasteiger partial charge in [0.25, 0.3) is 0 Å². The van der Waals surface area contributed by atoms with Crippen molar-refractivity contribution in [2.45, 2.75) is 90.6 Å². The zero-order chi connectivity index (χ0) is 20.0. The third-order valence-electron chi connectivity index (χ3n) is 4.13. The molecular weight excluding hydrogens is 336 g/mol. The van der Waals surface area contributed by atoms with Gasteiger partial charge in [-0.2, -0.15) is 0 Å². The van der Waals surface area contributed by atoms with Gasteiger partial charge in [-0.3, -0.25) is 4.79 Å². The third kappa shape index (κ3) is 20.6. The average Bonchev–Trinajstić information content (AvgIpc) is 2.68. The summed E-state index contributed by atoms with van der Waals surface area (Å²) in [6, 6.07) is 0. The van der Waals surface area contributed by atoms with Crippen LogP contribution in [-0.2, 0) is 9.53 Å². The second-order valence-electron chi connectivity index (χ2n) is 6.70. The lowest BCUT2D eigenvalue weighted by Crippen LogP contribution is -2.17. The van der Waals surface area contributed by atoms with Crippen molar-refractivity contribution in [1.82, 2.24) is 0 Å². The summed E-state index contributed by atoms with van der Waals surface area (Å²) in [6.07, 6.45) is 27.7. The molecule has 3 nitrogen and oxygen atoms in total. The topological polar surface area (TPSA) is 46.5 Å². The van der Waals surface area contributed by atoms with Gasteiger partial charge in [-0.1, -0.05) is 75.3 Å². The van der Waals surface area contributed by atoms with Crippen molar-refractivity contribution in [2.24, 2.45) is 0 Å². The maximum atomic E-state index is 11.5. The lowest BCUT2D eigenvalue weighted by atomic mass is 10.1. The predicted molar refractivity (Wildman–Crippen MR) is 116 cm³/mol. The molecule has 0 aliphatic carbocycles. The van der Waals surface area contributed by atoms with E-state index in [1.807, 2.05) is 6.92 Å². The molecule has 154 valence electrons. The summed E-state index contributed by atoms with van der Waals surface area (Å²) in [5.74, 6) is -0.193. The fourth-order valence-corrected chi connectivity index (χ4v) is 2.36. The van der Waals surface area contributed by atoms with Gasteiger partial charge in [-0.25, -0.2) is 0 Å². The van der Waals surface area contributed by atoms with E-state index >= 15 is 0 Å². The van der Waals surface area contributed by atoms with Crippen molar-refractivity contribution in [3.63, 3.8) is 0 Å². The number of hydrogen-bond donors (Lipinski definition) is 1. The van der Waals surface area contributed by atoms with Crippen LogP contribution in [0, 0.1) is 0 Å². The van der Waals surface area contributed by atoms with Gasteiger partial charge in [0.2, 0.25) is 0 Å². The number of rotatable bonds is 17. The van der Waals surface area contributed by atoms with Crippen molar-refractivity contribution < 1.29 is 14.6 Å². The summed E-state index contributed by atoms with van der Waals surface area (Å²) in [6.45, 7) is 4.15. The van der Waals surface area contributed by atoms with Crippen LogP contribution in [0.3, 0.4) is 0 Å². The number of hydrogen-bond acceptors (Lipinski definition) is 3. The van der Waals surface area contributed by atoms with E-state index in [2.05, 4.69) is 55.5 Å². The fraction of sp³-hybridized carbons (Fsp3) is 0.625. The zero-order valence-corrected chi connectivity index (χ0v) is 17.4. The Bertz CT molecular complexity index is 447. The molecule has 0 saturated carbocycles. The van der Waals surface area contributed by atoms with Gasteiger partial charge >= 0.3 is 5.97 Å². The third-order valence-corrected chi connectivity index (χ3v) is 4.13. The van der Waals surface area contributed by atoms with Crippen molar-refractivity contribution in [3.05, 3.63) is 48.6 Å². The number of unbranched alkanes of at least 4 members (excludes halogenated alkanes) is 4. The van der Waals surface area contributed by atoms with Crippen LogP contribution in [-0.4, -0.2) is 23.8 Å². The van der Waals surface area contributed by atoms with Crippen molar-refractivity contribution in [2.75, 3.05) is 6.61 Å². The molecule has 0 fully saturated rings. The molecule has 0 aromatic heterocycles. The van der Waals surface area contributed by atoms with Crippen LogP contribution >= 0.6 is 0 Å². The molecule has 0 aliphatic rings. The van der Waals surface area contributed by atoms with Crippen LogP contribution in [0.25, 0.3) is 0 Å². The zero-order valence-electron chi connectivity index (χ0n) is 17.4. The summed E-state index contributed by atoms with van der Waals surface area (Å²) < 4.78 is 5.01. The standard InChI is InChI=1S/C24H40O3/c1-3-5-6-7-8-9-10-11-12-13-14-15-16-17-18-19-20-21-24(26)27-22-23(25)4-2/h5-6,8-9,11-12,14-15,23,25H,3-4,7,10,13,16-22H2,1-2H3/b6-5-,9-8-,12-11-,15-14-. The Balaban J connectivity index is 3.41. The molecule has 27 heavy (non-hydrogen) atoms. The Hall–Kier alpha value is -1.61. The summed E-state index contributed by atoms with van der Waals surface area (Å²) in [7, 11) is 0. The molecule has 0 amide bonds. The van der Waals surface area contributed by atoms with E-state index in [0.29, 0.717) is 12.8 Å². The maximum absolute atomic E-state index is 11.5. The molecule has 0 aromatic rings. The molecular formula is C24H40O3. The number of carbonyl (C=O) groups is 1.